The van der Waals surface area contributed by atoms with Crippen LogP contribution in [-0.4, -0.2) is 10.8 Å². The van der Waals surface area contributed by atoms with Crippen LogP contribution >= 0.6 is 22.9 Å². The lowest BCUT2D eigenvalue weighted by molar-refractivity contribution is -0.384. The van der Waals surface area contributed by atoms with Gasteiger partial charge in [0.15, 0.2) is 0 Å². The van der Waals surface area contributed by atoms with E-state index < -0.39 is 10.8 Å². The van der Waals surface area contributed by atoms with Crippen molar-refractivity contribution in [1.82, 2.24) is 0 Å². The molecule has 3 aromatic rings. The number of thiophene rings is 1. The van der Waals surface area contributed by atoms with Gasteiger partial charge >= 0.3 is 0 Å². The monoisotopic (exact) mass is 382 g/mol. The number of nitrogens with one attached hydrogen (secondary N) is 1. The minimum Gasteiger partial charge on any atom is -0.322 e. The number of nitrogens with zero attached hydrogens (tertiary/aromatic N) is 1. The average Bonchev–Trinajstić information content (AvgIpc) is 3.13. The van der Waals surface area contributed by atoms with Crippen LogP contribution in [0.3, 0.4) is 0 Å². The highest BCUT2D eigenvalue weighted by Gasteiger charge is 2.15. The third kappa shape index (κ3) is 4.28. The number of nitro benzene ring substituents is 1. The molecule has 0 radical (unpaired) electrons. The number of hydrogen-bond acceptors (Lipinski definition) is 4. The maximum atomic E-state index is 12.4. The summed E-state index contributed by atoms with van der Waals surface area (Å²) in [7, 11) is 0. The smallest absolute Gasteiger partial charge is 0.270 e. The normalized spacial score (nSPS) is 9.88. The molecule has 1 aromatic heterocycles. The summed E-state index contributed by atoms with van der Waals surface area (Å²) in [6.07, 6.45) is 0. The molecule has 0 aliphatic heterocycles. The van der Waals surface area contributed by atoms with Gasteiger partial charge in [0, 0.05) is 23.4 Å². The third-order valence-corrected chi connectivity index (χ3v) is 4.48. The van der Waals surface area contributed by atoms with Gasteiger partial charge in [-0.3, -0.25) is 14.9 Å². The summed E-state index contributed by atoms with van der Waals surface area (Å²) in [5, 5.41) is 15.4. The van der Waals surface area contributed by atoms with Crippen LogP contribution in [0.2, 0.25) is 5.02 Å². The van der Waals surface area contributed by atoms with Crippen LogP contribution < -0.4 is 5.32 Å². The Hall–Kier alpha value is -3.14. The second-order valence-electron chi connectivity index (χ2n) is 5.18. The topological polar surface area (TPSA) is 72.2 Å². The zero-order valence-corrected chi connectivity index (χ0v) is 14.8. The van der Waals surface area contributed by atoms with E-state index in [4.69, 9.17) is 11.6 Å². The highest BCUT2D eigenvalue weighted by atomic mass is 35.5. The molecule has 1 amide bonds. The standard InChI is InChI=1S/C19H11ClN2O3S/c20-18-12-15(22(24)25)7-9-17(18)19(23)21-14-4-1-3-13(11-14)6-8-16-5-2-10-26-16/h1-5,7,9-12H,(H,21,23). The first kappa shape index (κ1) is 17.7. The molecule has 0 atom stereocenters. The van der Waals surface area contributed by atoms with Gasteiger partial charge in [-0.15, -0.1) is 11.3 Å². The van der Waals surface area contributed by atoms with E-state index in [9.17, 15) is 14.9 Å². The summed E-state index contributed by atoms with van der Waals surface area (Å²) in [5.74, 6) is 5.64. The molecule has 5 nitrogen and oxygen atoms in total. The van der Waals surface area contributed by atoms with E-state index in [1.807, 2.05) is 23.6 Å². The minimum atomic E-state index is -0.566. The second-order valence-corrected chi connectivity index (χ2v) is 6.54. The number of rotatable bonds is 3. The average molecular weight is 383 g/mol. The Balaban J connectivity index is 1.78. The molecular formula is C19H11ClN2O3S. The maximum absolute atomic E-state index is 12.4. The van der Waals surface area contributed by atoms with E-state index in [1.165, 1.54) is 12.1 Å². The first-order chi connectivity index (χ1) is 12.5. The number of hydrogen-bond donors (Lipinski definition) is 1. The van der Waals surface area contributed by atoms with Crippen LogP contribution in [0.15, 0.2) is 60.0 Å². The molecule has 0 saturated heterocycles. The van der Waals surface area contributed by atoms with Gasteiger partial charge in [0.05, 0.1) is 20.4 Å². The van der Waals surface area contributed by atoms with Gasteiger partial charge in [0.1, 0.15) is 0 Å². The summed E-state index contributed by atoms with van der Waals surface area (Å²) in [4.78, 5) is 23.5. The quantitative estimate of drug-likeness (QED) is 0.395. The Morgan fingerprint density at radius 1 is 1.12 bits per heavy atom. The van der Waals surface area contributed by atoms with E-state index in [2.05, 4.69) is 17.2 Å². The maximum Gasteiger partial charge on any atom is 0.270 e. The van der Waals surface area contributed by atoms with Crippen molar-refractivity contribution in [3.8, 4) is 11.8 Å². The fourth-order valence-corrected chi connectivity index (χ4v) is 2.99. The van der Waals surface area contributed by atoms with Crippen molar-refractivity contribution in [3.63, 3.8) is 0 Å². The molecule has 1 N–H and O–H groups in total. The van der Waals surface area contributed by atoms with Gasteiger partial charge in [0.25, 0.3) is 11.6 Å². The molecule has 0 saturated carbocycles. The van der Waals surface area contributed by atoms with Crippen LogP contribution in [0.4, 0.5) is 11.4 Å². The van der Waals surface area contributed by atoms with Crippen molar-refractivity contribution >= 4 is 40.2 Å². The number of benzene rings is 2. The number of amides is 1. The van der Waals surface area contributed by atoms with Crippen molar-refractivity contribution in [2.24, 2.45) is 0 Å². The van der Waals surface area contributed by atoms with Gasteiger partial charge in [-0.1, -0.05) is 35.6 Å². The number of anilines is 1. The Labute approximate surface area is 158 Å². The van der Waals surface area contributed by atoms with Crippen molar-refractivity contribution in [2.45, 2.75) is 0 Å². The van der Waals surface area contributed by atoms with Gasteiger partial charge in [-0.05, 0) is 35.7 Å². The molecular weight excluding hydrogens is 372 g/mol. The number of non-ortho nitro benzene ring substituents is 1. The molecule has 1 heterocycles. The first-order valence-corrected chi connectivity index (χ1v) is 8.69. The van der Waals surface area contributed by atoms with Gasteiger partial charge in [0.2, 0.25) is 0 Å². The summed E-state index contributed by atoms with van der Waals surface area (Å²) >= 11 is 7.54. The summed E-state index contributed by atoms with van der Waals surface area (Å²) < 4.78 is 0. The largest absolute Gasteiger partial charge is 0.322 e. The van der Waals surface area contributed by atoms with Crippen molar-refractivity contribution in [1.29, 1.82) is 0 Å². The van der Waals surface area contributed by atoms with Crippen LogP contribution in [0, 0.1) is 22.0 Å². The molecule has 26 heavy (non-hydrogen) atoms. The molecule has 7 heteroatoms. The van der Waals surface area contributed by atoms with E-state index in [0.29, 0.717) is 5.69 Å². The lowest BCUT2D eigenvalue weighted by Gasteiger charge is -2.07. The predicted molar refractivity (Wildman–Crippen MR) is 103 cm³/mol. The lowest BCUT2D eigenvalue weighted by Crippen LogP contribution is -2.12. The first-order valence-electron chi connectivity index (χ1n) is 7.44. The molecule has 3 rings (SSSR count). The minimum absolute atomic E-state index is 0.0188. The van der Waals surface area contributed by atoms with E-state index in [-0.39, 0.29) is 16.3 Å². The number of halogens is 1. The molecule has 0 unspecified atom stereocenters. The molecule has 0 aliphatic carbocycles. The van der Waals surface area contributed by atoms with Crippen molar-refractivity contribution in [2.75, 3.05) is 5.32 Å². The van der Waals surface area contributed by atoms with Gasteiger partial charge < -0.3 is 5.32 Å². The molecule has 2 aromatic carbocycles. The zero-order valence-electron chi connectivity index (χ0n) is 13.2. The van der Waals surface area contributed by atoms with E-state index in [1.54, 1.807) is 29.5 Å². The fourth-order valence-electron chi connectivity index (χ4n) is 2.16. The van der Waals surface area contributed by atoms with E-state index in [0.717, 1.165) is 16.5 Å². The molecule has 0 aliphatic rings. The molecule has 0 spiro atoms. The lowest BCUT2D eigenvalue weighted by atomic mass is 10.1. The fraction of sp³-hybridized carbons (Fsp3) is 0. The van der Waals surface area contributed by atoms with Gasteiger partial charge in [-0.2, -0.15) is 0 Å². The predicted octanol–water partition coefficient (Wildman–Crippen LogP) is 4.96. The Kier molecular flexibility index (Phi) is 5.32. The van der Waals surface area contributed by atoms with Crippen LogP contribution in [0.1, 0.15) is 20.8 Å². The summed E-state index contributed by atoms with van der Waals surface area (Å²) in [5.41, 5.74) is 1.30. The highest BCUT2D eigenvalue weighted by molar-refractivity contribution is 7.10. The molecule has 128 valence electrons. The Morgan fingerprint density at radius 3 is 2.65 bits per heavy atom. The number of nitro groups is 1. The molecule has 0 bridgehead atoms. The van der Waals surface area contributed by atoms with Gasteiger partial charge in [-0.25, -0.2) is 0 Å². The number of carbonyl (C=O) groups excluding carboxylic acids is 1. The van der Waals surface area contributed by atoms with Crippen molar-refractivity contribution < 1.29 is 9.72 Å². The Morgan fingerprint density at radius 2 is 1.96 bits per heavy atom. The van der Waals surface area contributed by atoms with Crippen LogP contribution in [0.5, 0.6) is 0 Å². The molecule has 0 fully saturated rings. The Bertz CT molecular complexity index is 1040. The summed E-state index contributed by atoms with van der Waals surface area (Å²) in [6, 6.07) is 14.7. The van der Waals surface area contributed by atoms with E-state index >= 15 is 0 Å². The highest BCUT2D eigenvalue weighted by Crippen LogP contribution is 2.23. The number of carbonyl (C=O) groups is 1. The zero-order chi connectivity index (χ0) is 18.5. The van der Waals surface area contributed by atoms with Crippen LogP contribution in [-0.2, 0) is 0 Å². The van der Waals surface area contributed by atoms with Crippen LogP contribution in [0.25, 0.3) is 0 Å². The third-order valence-electron chi connectivity index (χ3n) is 3.38. The summed E-state index contributed by atoms with van der Waals surface area (Å²) in [6.45, 7) is 0. The SMILES string of the molecule is O=C(Nc1cccc(C#Cc2cccs2)c1)c1ccc([N+](=O)[O-])cc1Cl. The second kappa shape index (κ2) is 7.83. The van der Waals surface area contributed by atoms with Crippen molar-refractivity contribution in [3.05, 3.63) is 91.1 Å².